The molecule has 0 unspecified atom stereocenters. The summed E-state index contributed by atoms with van der Waals surface area (Å²) in [5.41, 5.74) is 21.6. The molecule has 0 saturated carbocycles. The largest absolute Gasteiger partial charge is 0.391 e. The van der Waals surface area contributed by atoms with Crippen molar-refractivity contribution in [2.24, 2.45) is 27.9 Å². The molecule has 0 aromatic heterocycles. The Labute approximate surface area is 245 Å². The van der Waals surface area contributed by atoms with Gasteiger partial charge in [-0.1, -0.05) is 0 Å². The smallest absolute Gasteiger partial charge is 0.245 e. The molecule has 0 aromatic carbocycles. The van der Waals surface area contributed by atoms with Crippen LogP contribution in [-0.2, 0) is 28.8 Å². The van der Waals surface area contributed by atoms with Crippen molar-refractivity contribution in [2.75, 3.05) is 13.1 Å². The van der Waals surface area contributed by atoms with Crippen LogP contribution in [0.1, 0.15) is 59.8 Å². The lowest BCUT2D eigenvalue weighted by molar-refractivity contribution is -0.135. The standard InChI is InChI=1S/C25H48N10O7/c1-13(27)20(38)35-19(16(4)37)24(42)34-18(9-5-6-10-26)23(41)32-14(2)21(39)31-15(3)22(40)33-17(12-36)8-7-11-30-25(28)29/h12-19,37H,5-11,26-27H2,1-4H3,(H,31,39)(H,32,41)(H,33,40)(H,34,42)(H,35,38)(H4,28,29,30)/t13-,14-,15-,16+,17-,18-,19-/m0/s1. The maximum Gasteiger partial charge on any atom is 0.245 e. The number of nitrogens with one attached hydrogen (secondary N) is 5. The highest BCUT2D eigenvalue weighted by atomic mass is 16.3. The van der Waals surface area contributed by atoms with E-state index in [1.54, 1.807) is 0 Å². The average molecular weight is 601 g/mol. The molecule has 14 N–H and O–H groups in total. The van der Waals surface area contributed by atoms with Gasteiger partial charge in [-0.25, -0.2) is 0 Å². The van der Waals surface area contributed by atoms with E-state index in [9.17, 15) is 33.9 Å². The van der Waals surface area contributed by atoms with E-state index in [1.807, 2.05) is 0 Å². The van der Waals surface area contributed by atoms with E-state index in [-0.39, 0.29) is 25.3 Å². The Balaban J connectivity index is 5.23. The van der Waals surface area contributed by atoms with Crippen LogP contribution in [0, 0.1) is 0 Å². The summed E-state index contributed by atoms with van der Waals surface area (Å²) < 4.78 is 0. The van der Waals surface area contributed by atoms with E-state index in [0.29, 0.717) is 32.1 Å². The molecule has 17 heteroatoms. The van der Waals surface area contributed by atoms with Gasteiger partial charge in [0.25, 0.3) is 0 Å². The molecule has 0 heterocycles. The summed E-state index contributed by atoms with van der Waals surface area (Å²) in [6, 6.07) is -6.42. The van der Waals surface area contributed by atoms with Gasteiger partial charge in [-0.2, -0.15) is 0 Å². The monoisotopic (exact) mass is 600 g/mol. The number of unbranched alkanes of at least 4 members (excludes halogenated alkanes) is 1. The van der Waals surface area contributed by atoms with E-state index >= 15 is 0 Å². The molecule has 0 aliphatic rings. The molecular weight excluding hydrogens is 552 g/mol. The summed E-state index contributed by atoms with van der Waals surface area (Å²) in [5.74, 6) is -3.60. The summed E-state index contributed by atoms with van der Waals surface area (Å²) in [6.45, 7) is 6.12. The highest BCUT2D eigenvalue weighted by Gasteiger charge is 2.31. The van der Waals surface area contributed by atoms with Crippen molar-refractivity contribution >= 4 is 41.8 Å². The van der Waals surface area contributed by atoms with E-state index < -0.39 is 71.9 Å². The number of amides is 5. The third-order valence-electron chi connectivity index (χ3n) is 6.02. The lowest BCUT2D eigenvalue weighted by Crippen LogP contribution is -2.60. The number of nitrogens with two attached hydrogens (primary N) is 4. The van der Waals surface area contributed by atoms with Crippen LogP contribution in [0.15, 0.2) is 4.99 Å². The van der Waals surface area contributed by atoms with Gasteiger partial charge in [0.15, 0.2) is 5.96 Å². The van der Waals surface area contributed by atoms with Gasteiger partial charge in [-0.05, 0) is 66.3 Å². The predicted molar refractivity (Wildman–Crippen MR) is 155 cm³/mol. The van der Waals surface area contributed by atoms with E-state index in [4.69, 9.17) is 22.9 Å². The van der Waals surface area contributed by atoms with E-state index in [2.05, 4.69) is 31.6 Å². The van der Waals surface area contributed by atoms with Crippen LogP contribution in [0.2, 0.25) is 0 Å². The quantitative estimate of drug-likeness (QED) is 0.0275. The molecule has 42 heavy (non-hydrogen) atoms. The molecule has 17 nitrogen and oxygen atoms in total. The third kappa shape index (κ3) is 15.2. The van der Waals surface area contributed by atoms with Crippen molar-refractivity contribution in [1.82, 2.24) is 26.6 Å². The normalized spacial score (nSPS) is 15.8. The van der Waals surface area contributed by atoms with Crippen LogP contribution in [-0.4, -0.2) is 102 Å². The van der Waals surface area contributed by atoms with Crippen molar-refractivity contribution in [3.63, 3.8) is 0 Å². The number of hydrogen-bond acceptors (Lipinski definition) is 10. The Kier molecular flexibility index (Phi) is 18.3. The van der Waals surface area contributed by atoms with Crippen molar-refractivity contribution in [3.8, 4) is 0 Å². The number of nitrogens with zero attached hydrogens (tertiary/aromatic N) is 1. The summed E-state index contributed by atoms with van der Waals surface area (Å²) in [5, 5.41) is 22.3. The van der Waals surface area contributed by atoms with Gasteiger partial charge in [0, 0.05) is 6.54 Å². The van der Waals surface area contributed by atoms with Crippen LogP contribution in [0.4, 0.5) is 0 Å². The lowest BCUT2D eigenvalue weighted by atomic mass is 10.1. The molecular formula is C25H48N10O7. The zero-order chi connectivity index (χ0) is 32.4. The Morgan fingerprint density at radius 3 is 1.83 bits per heavy atom. The van der Waals surface area contributed by atoms with E-state index in [0.717, 1.165) is 0 Å². The van der Waals surface area contributed by atoms with Gasteiger partial charge in [0.05, 0.1) is 18.2 Å². The first-order valence-corrected chi connectivity index (χ1v) is 13.8. The number of carbonyl (C=O) groups excluding carboxylic acids is 6. The fourth-order valence-corrected chi connectivity index (χ4v) is 3.50. The van der Waals surface area contributed by atoms with Gasteiger partial charge in [-0.3, -0.25) is 29.0 Å². The molecule has 240 valence electrons. The molecule has 0 radical (unpaired) electrons. The summed E-state index contributed by atoms with van der Waals surface area (Å²) in [4.78, 5) is 78.2. The van der Waals surface area contributed by atoms with Gasteiger partial charge in [-0.15, -0.1) is 0 Å². The minimum atomic E-state index is -1.38. The summed E-state index contributed by atoms with van der Waals surface area (Å²) in [7, 11) is 0. The number of aliphatic hydroxyl groups excluding tert-OH is 1. The second kappa shape index (κ2) is 20.1. The molecule has 0 aliphatic heterocycles. The maximum absolute atomic E-state index is 13.0. The van der Waals surface area contributed by atoms with Crippen molar-refractivity contribution < 1.29 is 33.9 Å². The minimum absolute atomic E-state index is 0.0851. The Morgan fingerprint density at radius 2 is 1.33 bits per heavy atom. The van der Waals surface area contributed by atoms with Gasteiger partial charge < -0.3 is 59.4 Å². The van der Waals surface area contributed by atoms with Gasteiger partial charge in [0.1, 0.15) is 30.5 Å². The first-order valence-electron chi connectivity index (χ1n) is 13.8. The van der Waals surface area contributed by atoms with Crippen molar-refractivity contribution in [2.45, 2.75) is 102 Å². The lowest BCUT2D eigenvalue weighted by Gasteiger charge is -2.26. The van der Waals surface area contributed by atoms with Crippen molar-refractivity contribution in [1.29, 1.82) is 0 Å². The number of aldehydes is 1. The van der Waals surface area contributed by atoms with Crippen LogP contribution in [0.25, 0.3) is 0 Å². The molecule has 5 amide bonds. The summed E-state index contributed by atoms with van der Waals surface area (Å²) >= 11 is 0. The molecule has 0 rings (SSSR count). The minimum Gasteiger partial charge on any atom is -0.391 e. The SMILES string of the molecule is C[C@H](N)C(=O)N[C@H](C(=O)N[C@@H](CCCCN)C(=O)N[C@@H](C)C(=O)N[C@@H](C)C(=O)N[C@H](C=O)CCCN=C(N)N)[C@@H](C)O. The molecule has 0 spiro atoms. The number of guanidine groups is 1. The Hall–Kier alpha value is -3.83. The number of carbonyl (C=O) groups is 6. The number of aliphatic imine (C=N–C) groups is 1. The van der Waals surface area contributed by atoms with Crippen LogP contribution in [0.5, 0.6) is 0 Å². The second-order valence-electron chi connectivity index (χ2n) is 10.0. The first kappa shape index (κ1) is 38.2. The fourth-order valence-electron chi connectivity index (χ4n) is 3.50. The highest BCUT2D eigenvalue weighted by molar-refractivity contribution is 5.96. The Morgan fingerprint density at radius 1 is 0.762 bits per heavy atom. The summed E-state index contributed by atoms with van der Waals surface area (Å²) in [6.07, 6.45) is 1.16. The van der Waals surface area contributed by atoms with Crippen molar-refractivity contribution in [3.05, 3.63) is 0 Å². The zero-order valence-electron chi connectivity index (χ0n) is 24.7. The van der Waals surface area contributed by atoms with Crippen LogP contribution >= 0.6 is 0 Å². The predicted octanol–water partition coefficient (Wildman–Crippen LogP) is -4.44. The number of aliphatic hydroxyl groups is 1. The first-order chi connectivity index (χ1) is 19.6. The zero-order valence-corrected chi connectivity index (χ0v) is 24.7. The highest BCUT2D eigenvalue weighted by Crippen LogP contribution is 2.04. The molecule has 7 atom stereocenters. The molecule has 0 bridgehead atoms. The van der Waals surface area contributed by atoms with Gasteiger partial charge >= 0.3 is 0 Å². The van der Waals surface area contributed by atoms with Crippen LogP contribution < -0.4 is 49.5 Å². The van der Waals surface area contributed by atoms with Crippen LogP contribution in [0.3, 0.4) is 0 Å². The molecule has 0 aromatic rings. The average Bonchev–Trinajstić information content (AvgIpc) is 2.91. The van der Waals surface area contributed by atoms with E-state index in [1.165, 1.54) is 27.7 Å². The van der Waals surface area contributed by atoms with Gasteiger partial charge in [0.2, 0.25) is 29.5 Å². The molecule has 0 saturated heterocycles. The topological polar surface area (TPSA) is 299 Å². The maximum atomic E-state index is 13.0. The fraction of sp³-hybridized carbons (Fsp3) is 0.720. The molecule has 0 fully saturated rings. The Bertz CT molecular complexity index is 941. The number of rotatable bonds is 20. The second-order valence-corrected chi connectivity index (χ2v) is 10.0. The number of hydrogen-bond donors (Lipinski definition) is 10. The molecule has 0 aliphatic carbocycles. The third-order valence-corrected chi connectivity index (χ3v) is 6.02.